The van der Waals surface area contributed by atoms with Crippen molar-refractivity contribution in [1.82, 2.24) is 5.32 Å². The van der Waals surface area contributed by atoms with Gasteiger partial charge in [-0.05, 0) is 75.6 Å². The summed E-state index contributed by atoms with van der Waals surface area (Å²) < 4.78 is 31.6. The van der Waals surface area contributed by atoms with E-state index in [2.05, 4.69) is 5.32 Å². The van der Waals surface area contributed by atoms with E-state index in [1.165, 1.54) is 4.31 Å². The standard InChI is InChI=1S/C22H30N2O4S/c1-7-28-21-10-8-19(9-11-21)17(4)23-22(25)18(5)24(29(6,26)27)20-13-15(2)12-16(3)14-20/h8-14,17-18H,7H2,1-6H3,(H,23,25)/t17-,18+/m1/s1. The van der Waals surface area contributed by atoms with Crippen molar-refractivity contribution >= 4 is 21.6 Å². The number of carbonyl (C=O) groups is 1. The fourth-order valence-corrected chi connectivity index (χ4v) is 4.48. The van der Waals surface area contributed by atoms with Crippen LogP contribution in [0.5, 0.6) is 5.75 Å². The van der Waals surface area contributed by atoms with Gasteiger partial charge in [-0.1, -0.05) is 18.2 Å². The molecular weight excluding hydrogens is 388 g/mol. The quantitative estimate of drug-likeness (QED) is 0.709. The Morgan fingerprint density at radius 3 is 2.10 bits per heavy atom. The number of hydrogen-bond donors (Lipinski definition) is 1. The number of benzene rings is 2. The highest BCUT2D eigenvalue weighted by molar-refractivity contribution is 7.92. The number of carbonyl (C=O) groups excluding carboxylic acids is 1. The van der Waals surface area contributed by atoms with Crippen molar-refractivity contribution < 1.29 is 17.9 Å². The summed E-state index contributed by atoms with van der Waals surface area (Å²) in [6.45, 7) is 9.76. The Bertz CT molecular complexity index is 935. The van der Waals surface area contributed by atoms with Gasteiger partial charge >= 0.3 is 0 Å². The Hall–Kier alpha value is -2.54. The van der Waals surface area contributed by atoms with Crippen LogP contribution >= 0.6 is 0 Å². The van der Waals surface area contributed by atoms with Crippen LogP contribution in [0.3, 0.4) is 0 Å². The third kappa shape index (κ3) is 5.97. The second-order valence-electron chi connectivity index (χ2n) is 7.31. The summed E-state index contributed by atoms with van der Waals surface area (Å²) >= 11 is 0. The number of nitrogens with one attached hydrogen (secondary N) is 1. The predicted octanol–water partition coefficient (Wildman–Crippen LogP) is 3.73. The fourth-order valence-electron chi connectivity index (χ4n) is 3.32. The van der Waals surface area contributed by atoms with Crippen LogP contribution in [0.15, 0.2) is 42.5 Å². The van der Waals surface area contributed by atoms with E-state index in [1.54, 1.807) is 19.1 Å². The molecule has 2 aromatic rings. The molecule has 7 heteroatoms. The van der Waals surface area contributed by atoms with Gasteiger partial charge in [-0.3, -0.25) is 9.10 Å². The maximum absolute atomic E-state index is 12.9. The number of hydrogen-bond acceptors (Lipinski definition) is 4. The number of sulfonamides is 1. The molecule has 0 aromatic heterocycles. The average Bonchev–Trinajstić information content (AvgIpc) is 2.60. The van der Waals surface area contributed by atoms with E-state index in [0.717, 1.165) is 28.7 Å². The lowest BCUT2D eigenvalue weighted by Crippen LogP contribution is -2.48. The summed E-state index contributed by atoms with van der Waals surface area (Å²) in [5.41, 5.74) is 3.26. The molecule has 0 saturated heterocycles. The zero-order valence-corrected chi connectivity index (χ0v) is 18.7. The molecule has 0 radical (unpaired) electrons. The highest BCUT2D eigenvalue weighted by Gasteiger charge is 2.30. The SMILES string of the molecule is CCOc1ccc([C@@H](C)NC(=O)[C@H](C)N(c2cc(C)cc(C)c2)S(C)(=O)=O)cc1. The Labute approximate surface area is 173 Å². The minimum atomic E-state index is -3.65. The number of amides is 1. The minimum Gasteiger partial charge on any atom is -0.494 e. The maximum Gasteiger partial charge on any atom is 0.244 e. The van der Waals surface area contributed by atoms with Crippen LogP contribution in [0.4, 0.5) is 5.69 Å². The summed E-state index contributed by atoms with van der Waals surface area (Å²) in [7, 11) is -3.65. The van der Waals surface area contributed by atoms with Gasteiger partial charge in [-0.2, -0.15) is 0 Å². The van der Waals surface area contributed by atoms with Gasteiger partial charge in [0.2, 0.25) is 15.9 Å². The molecule has 158 valence electrons. The van der Waals surface area contributed by atoms with Crippen LogP contribution < -0.4 is 14.4 Å². The predicted molar refractivity (Wildman–Crippen MR) is 117 cm³/mol. The normalized spacial score (nSPS) is 13.4. The van der Waals surface area contributed by atoms with Crippen molar-refractivity contribution in [2.75, 3.05) is 17.2 Å². The molecule has 0 heterocycles. The van der Waals surface area contributed by atoms with Gasteiger partial charge in [0.15, 0.2) is 0 Å². The summed E-state index contributed by atoms with van der Waals surface area (Å²) in [5, 5.41) is 2.91. The van der Waals surface area contributed by atoms with Gasteiger partial charge < -0.3 is 10.1 Å². The molecule has 0 saturated carbocycles. The maximum atomic E-state index is 12.9. The van der Waals surface area contributed by atoms with E-state index >= 15 is 0 Å². The summed E-state index contributed by atoms with van der Waals surface area (Å²) in [6.07, 6.45) is 1.12. The Kier molecular flexibility index (Phi) is 7.30. The van der Waals surface area contributed by atoms with Crippen molar-refractivity contribution in [1.29, 1.82) is 0 Å². The van der Waals surface area contributed by atoms with Crippen molar-refractivity contribution in [3.63, 3.8) is 0 Å². The summed E-state index contributed by atoms with van der Waals surface area (Å²) in [5.74, 6) is 0.400. The summed E-state index contributed by atoms with van der Waals surface area (Å²) in [4.78, 5) is 12.9. The first-order chi connectivity index (χ1) is 13.5. The van der Waals surface area contributed by atoms with Crippen molar-refractivity contribution in [3.05, 3.63) is 59.2 Å². The molecular formula is C22H30N2O4S. The Morgan fingerprint density at radius 2 is 1.62 bits per heavy atom. The number of nitrogens with zero attached hydrogens (tertiary/aromatic N) is 1. The fraction of sp³-hybridized carbons (Fsp3) is 0.409. The number of rotatable bonds is 8. The molecule has 2 rings (SSSR count). The number of ether oxygens (including phenoxy) is 1. The summed E-state index contributed by atoms with van der Waals surface area (Å²) in [6, 6.07) is 11.8. The molecule has 6 nitrogen and oxygen atoms in total. The Balaban J connectivity index is 2.22. The number of anilines is 1. The molecule has 0 aliphatic rings. The van der Waals surface area contributed by atoms with Crippen LogP contribution in [0, 0.1) is 13.8 Å². The van der Waals surface area contributed by atoms with E-state index in [0.29, 0.717) is 12.3 Å². The molecule has 0 aliphatic heterocycles. The van der Waals surface area contributed by atoms with Gasteiger partial charge in [0.25, 0.3) is 0 Å². The molecule has 0 fully saturated rings. The second kappa shape index (κ2) is 9.31. The lowest BCUT2D eigenvalue weighted by molar-refractivity contribution is -0.122. The Morgan fingerprint density at radius 1 is 1.07 bits per heavy atom. The van der Waals surface area contributed by atoms with Gasteiger partial charge in [-0.25, -0.2) is 8.42 Å². The van der Waals surface area contributed by atoms with Crippen molar-refractivity contribution in [2.45, 2.75) is 46.7 Å². The average molecular weight is 419 g/mol. The lowest BCUT2D eigenvalue weighted by atomic mass is 10.1. The molecule has 2 atom stereocenters. The van der Waals surface area contributed by atoms with Gasteiger partial charge in [0.1, 0.15) is 11.8 Å². The zero-order valence-electron chi connectivity index (χ0n) is 17.9. The smallest absolute Gasteiger partial charge is 0.244 e. The molecule has 1 amide bonds. The molecule has 0 spiro atoms. The first-order valence-corrected chi connectivity index (χ1v) is 11.5. The van der Waals surface area contributed by atoms with Crippen molar-refractivity contribution in [2.24, 2.45) is 0 Å². The molecule has 0 bridgehead atoms. The van der Waals surface area contributed by atoms with Gasteiger partial charge in [0.05, 0.1) is 24.6 Å². The van der Waals surface area contributed by atoms with Crippen LogP contribution in [0.2, 0.25) is 0 Å². The highest BCUT2D eigenvalue weighted by atomic mass is 32.2. The van der Waals surface area contributed by atoms with Crippen LogP contribution in [-0.4, -0.2) is 33.2 Å². The topological polar surface area (TPSA) is 75.7 Å². The van der Waals surface area contributed by atoms with Gasteiger partial charge in [0, 0.05) is 0 Å². The largest absolute Gasteiger partial charge is 0.494 e. The monoisotopic (exact) mass is 418 g/mol. The first-order valence-electron chi connectivity index (χ1n) is 9.63. The highest BCUT2D eigenvalue weighted by Crippen LogP contribution is 2.24. The van der Waals surface area contributed by atoms with E-state index in [4.69, 9.17) is 4.74 Å². The van der Waals surface area contributed by atoms with Gasteiger partial charge in [-0.15, -0.1) is 0 Å². The number of aryl methyl sites for hydroxylation is 2. The third-order valence-corrected chi connectivity index (χ3v) is 5.84. The van der Waals surface area contributed by atoms with Crippen molar-refractivity contribution in [3.8, 4) is 5.75 Å². The third-order valence-electron chi connectivity index (χ3n) is 4.60. The first kappa shape index (κ1) is 22.7. The van der Waals surface area contributed by atoms with E-state index < -0.39 is 16.1 Å². The lowest BCUT2D eigenvalue weighted by Gasteiger charge is -2.30. The molecule has 29 heavy (non-hydrogen) atoms. The molecule has 1 N–H and O–H groups in total. The van der Waals surface area contributed by atoms with E-state index in [9.17, 15) is 13.2 Å². The molecule has 0 unspecified atom stereocenters. The minimum absolute atomic E-state index is 0.277. The van der Waals surface area contributed by atoms with E-state index in [-0.39, 0.29) is 11.9 Å². The molecule has 2 aromatic carbocycles. The zero-order chi connectivity index (χ0) is 21.8. The molecule has 0 aliphatic carbocycles. The van der Waals surface area contributed by atoms with E-state index in [1.807, 2.05) is 58.0 Å². The second-order valence-corrected chi connectivity index (χ2v) is 9.17. The van der Waals surface area contributed by atoms with Crippen LogP contribution in [0.1, 0.15) is 43.5 Å². The van der Waals surface area contributed by atoms with Crippen LogP contribution in [0.25, 0.3) is 0 Å². The van der Waals surface area contributed by atoms with Crippen LogP contribution in [-0.2, 0) is 14.8 Å².